The first-order chi connectivity index (χ1) is 9.60. The number of allylic oxidation sites excluding steroid dienone is 4. The van der Waals surface area contributed by atoms with E-state index in [4.69, 9.17) is 9.47 Å². The molecule has 1 rings (SSSR count). The Morgan fingerprint density at radius 2 is 1.60 bits per heavy atom. The smallest absolute Gasteiger partial charge is 0.338 e. The lowest BCUT2D eigenvalue weighted by Gasteiger charge is -2.11. The molecule has 20 heavy (non-hydrogen) atoms. The van der Waals surface area contributed by atoms with Gasteiger partial charge in [-0.3, -0.25) is 0 Å². The van der Waals surface area contributed by atoms with E-state index in [1.54, 1.807) is 18.2 Å². The summed E-state index contributed by atoms with van der Waals surface area (Å²) in [6, 6.07) is 0. The number of rotatable bonds is 6. The van der Waals surface area contributed by atoms with E-state index in [-0.39, 0.29) is 17.1 Å². The standard InChI is InChI=1S/C16H22O4/c1-4-9-19-15(17)13-8-6-7-12(3)11-14(13)16(18)20-10-5-2/h6-8,11-12H,4-5,9-10H2,1-3H3. The van der Waals surface area contributed by atoms with Crippen LogP contribution < -0.4 is 0 Å². The maximum absolute atomic E-state index is 12.1. The lowest BCUT2D eigenvalue weighted by atomic mass is 10.0. The average molecular weight is 278 g/mol. The van der Waals surface area contributed by atoms with Gasteiger partial charge < -0.3 is 9.47 Å². The Balaban J connectivity index is 2.94. The summed E-state index contributed by atoms with van der Waals surface area (Å²) in [7, 11) is 0. The second kappa shape index (κ2) is 8.35. The molecule has 0 bridgehead atoms. The molecule has 0 aromatic heterocycles. The van der Waals surface area contributed by atoms with Crippen LogP contribution in [-0.4, -0.2) is 25.2 Å². The molecule has 0 saturated heterocycles. The zero-order valence-corrected chi connectivity index (χ0v) is 12.3. The average Bonchev–Trinajstić information content (AvgIpc) is 2.63. The molecule has 1 unspecified atom stereocenters. The van der Waals surface area contributed by atoms with Crippen molar-refractivity contribution in [3.8, 4) is 0 Å². The van der Waals surface area contributed by atoms with Crippen molar-refractivity contribution in [2.45, 2.75) is 33.6 Å². The first-order valence-corrected chi connectivity index (χ1v) is 7.05. The molecule has 110 valence electrons. The van der Waals surface area contributed by atoms with E-state index < -0.39 is 11.9 Å². The van der Waals surface area contributed by atoms with Gasteiger partial charge in [0.25, 0.3) is 0 Å². The quantitative estimate of drug-likeness (QED) is 0.701. The van der Waals surface area contributed by atoms with Crippen LogP contribution in [0.5, 0.6) is 0 Å². The highest BCUT2D eigenvalue weighted by atomic mass is 16.5. The minimum atomic E-state index is -0.481. The highest BCUT2D eigenvalue weighted by molar-refractivity contribution is 6.07. The summed E-state index contributed by atoms with van der Waals surface area (Å²) in [5.74, 6) is -0.890. The first-order valence-electron chi connectivity index (χ1n) is 7.05. The van der Waals surface area contributed by atoms with Crippen molar-refractivity contribution in [3.05, 3.63) is 35.5 Å². The van der Waals surface area contributed by atoms with Gasteiger partial charge in [0.2, 0.25) is 0 Å². The summed E-state index contributed by atoms with van der Waals surface area (Å²) >= 11 is 0. The second-order valence-electron chi connectivity index (χ2n) is 4.68. The van der Waals surface area contributed by atoms with Gasteiger partial charge in [-0.2, -0.15) is 0 Å². The molecule has 4 nitrogen and oxygen atoms in total. The van der Waals surface area contributed by atoms with E-state index in [2.05, 4.69) is 0 Å². The molecule has 0 N–H and O–H groups in total. The van der Waals surface area contributed by atoms with Crippen molar-refractivity contribution in [2.24, 2.45) is 5.92 Å². The molecule has 0 amide bonds. The third kappa shape index (κ3) is 4.68. The van der Waals surface area contributed by atoms with E-state index in [1.807, 2.05) is 26.8 Å². The van der Waals surface area contributed by atoms with Gasteiger partial charge in [0.05, 0.1) is 24.4 Å². The van der Waals surface area contributed by atoms with Gasteiger partial charge in [0.1, 0.15) is 0 Å². The van der Waals surface area contributed by atoms with Gasteiger partial charge in [-0.25, -0.2) is 9.59 Å². The zero-order valence-electron chi connectivity index (χ0n) is 12.3. The fourth-order valence-electron chi connectivity index (χ4n) is 1.73. The van der Waals surface area contributed by atoms with Crippen LogP contribution >= 0.6 is 0 Å². The van der Waals surface area contributed by atoms with Crippen molar-refractivity contribution >= 4 is 11.9 Å². The van der Waals surface area contributed by atoms with Crippen molar-refractivity contribution in [1.82, 2.24) is 0 Å². The number of carbonyl (C=O) groups excluding carboxylic acids is 2. The fraction of sp³-hybridized carbons (Fsp3) is 0.500. The number of esters is 2. The SMILES string of the molecule is CCCOC(=O)C1=CC=CC(C)C=C1C(=O)OCCC. The Kier molecular flexibility index (Phi) is 6.77. The Labute approximate surface area is 120 Å². The zero-order chi connectivity index (χ0) is 15.0. The minimum Gasteiger partial charge on any atom is -0.462 e. The largest absolute Gasteiger partial charge is 0.462 e. The lowest BCUT2D eigenvalue weighted by molar-refractivity contribution is -0.142. The van der Waals surface area contributed by atoms with Crippen molar-refractivity contribution in [3.63, 3.8) is 0 Å². The van der Waals surface area contributed by atoms with Gasteiger partial charge in [-0.05, 0) is 24.8 Å². The molecule has 1 aliphatic carbocycles. The Bertz CT molecular complexity index is 443. The molecule has 0 aromatic rings. The summed E-state index contributed by atoms with van der Waals surface area (Å²) in [6.07, 6.45) is 8.51. The third-order valence-electron chi connectivity index (χ3n) is 2.71. The van der Waals surface area contributed by atoms with E-state index in [1.165, 1.54) is 0 Å². The van der Waals surface area contributed by atoms with Crippen LogP contribution in [0, 0.1) is 5.92 Å². The molecule has 0 saturated carbocycles. The van der Waals surface area contributed by atoms with Crippen LogP contribution in [0.2, 0.25) is 0 Å². The summed E-state index contributed by atoms with van der Waals surface area (Å²) in [4.78, 5) is 24.1. The Morgan fingerprint density at radius 3 is 2.15 bits per heavy atom. The summed E-state index contributed by atoms with van der Waals surface area (Å²) in [5.41, 5.74) is 0.553. The first kappa shape index (κ1) is 16.2. The monoisotopic (exact) mass is 278 g/mol. The van der Waals surface area contributed by atoms with Gasteiger partial charge in [-0.15, -0.1) is 0 Å². The van der Waals surface area contributed by atoms with Crippen LogP contribution in [0.1, 0.15) is 33.6 Å². The number of carbonyl (C=O) groups is 2. The lowest BCUT2D eigenvalue weighted by Crippen LogP contribution is -2.18. The van der Waals surface area contributed by atoms with E-state index in [0.29, 0.717) is 13.2 Å². The van der Waals surface area contributed by atoms with Crippen molar-refractivity contribution in [2.75, 3.05) is 13.2 Å². The normalized spacial score (nSPS) is 17.9. The van der Waals surface area contributed by atoms with Crippen LogP contribution in [0.4, 0.5) is 0 Å². The molecule has 1 aliphatic rings. The van der Waals surface area contributed by atoms with Crippen LogP contribution in [0.25, 0.3) is 0 Å². The van der Waals surface area contributed by atoms with Gasteiger partial charge in [-0.1, -0.05) is 39.0 Å². The number of ether oxygens (including phenoxy) is 2. The molecule has 0 radical (unpaired) electrons. The Hall–Kier alpha value is -1.84. The molecule has 0 spiro atoms. The summed E-state index contributed by atoms with van der Waals surface area (Å²) in [5, 5.41) is 0. The summed E-state index contributed by atoms with van der Waals surface area (Å²) < 4.78 is 10.3. The molecule has 0 aromatic carbocycles. The Morgan fingerprint density at radius 1 is 1.05 bits per heavy atom. The highest BCUT2D eigenvalue weighted by Crippen LogP contribution is 2.21. The van der Waals surface area contributed by atoms with Gasteiger partial charge in [0, 0.05) is 0 Å². The number of hydrogen-bond donors (Lipinski definition) is 0. The maximum atomic E-state index is 12.1. The molecule has 1 atom stereocenters. The van der Waals surface area contributed by atoms with Crippen LogP contribution in [-0.2, 0) is 19.1 Å². The third-order valence-corrected chi connectivity index (χ3v) is 2.71. The molecule has 0 aliphatic heterocycles. The topological polar surface area (TPSA) is 52.6 Å². The van der Waals surface area contributed by atoms with E-state index >= 15 is 0 Å². The molecule has 0 heterocycles. The van der Waals surface area contributed by atoms with Gasteiger partial charge >= 0.3 is 11.9 Å². The van der Waals surface area contributed by atoms with Crippen molar-refractivity contribution < 1.29 is 19.1 Å². The molecular weight excluding hydrogens is 256 g/mol. The minimum absolute atomic E-state index is 0.0619. The predicted molar refractivity (Wildman–Crippen MR) is 77.0 cm³/mol. The second-order valence-corrected chi connectivity index (χ2v) is 4.68. The fourth-order valence-corrected chi connectivity index (χ4v) is 1.73. The molecule has 4 heteroatoms. The van der Waals surface area contributed by atoms with Crippen LogP contribution in [0.3, 0.4) is 0 Å². The molecule has 0 fully saturated rings. The maximum Gasteiger partial charge on any atom is 0.338 e. The molecular formula is C16H22O4. The van der Waals surface area contributed by atoms with Crippen molar-refractivity contribution in [1.29, 1.82) is 0 Å². The summed E-state index contributed by atoms with van der Waals surface area (Å²) in [6.45, 7) is 6.47. The van der Waals surface area contributed by atoms with Crippen LogP contribution in [0.15, 0.2) is 35.5 Å². The number of hydrogen-bond acceptors (Lipinski definition) is 4. The van der Waals surface area contributed by atoms with E-state index in [0.717, 1.165) is 12.8 Å². The van der Waals surface area contributed by atoms with E-state index in [9.17, 15) is 9.59 Å². The van der Waals surface area contributed by atoms with Gasteiger partial charge in [0.15, 0.2) is 0 Å². The highest BCUT2D eigenvalue weighted by Gasteiger charge is 2.24. The predicted octanol–water partition coefficient (Wildman–Crippen LogP) is 2.95.